The highest BCUT2D eigenvalue weighted by atomic mass is 32.2. The Morgan fingerprint density at radius 1 is 1.41 bits per heavy atom. The molecule has 0 aromatic carbocycles. The van der Waals surface area contributed by atoms with Gasteiger partial charge in [-0.25, -0.2) is 4.98 Å². The maximum absolute atomic E-state index is 4.33. The summed E-state index contributed by atoms with van der Waals surface area (Å²) in [5, 5.41) is 7.76. The van der Waals surface area contributed by atoms with Gasteiger partial charge in [0, 0.05) is 17.8 Å². The van der Waals surface area contributed by atoms with Crippen LogP contribution in [0.25, 0.3) is 5.78 Å². The van der Waals surface area contributed by atoms with Gasteiger partial charge in [-0.1, -0.05) is 0 Å². The molecule has 2 aromatic rings. The Bertz CT molecular complexity index is 518. The summed E-state index contributed by atoms with van der Waals surface area (Å²) in [6.07, 6.45) is 3.97. The summed E-state index contributed by atoms with van der Waals surface area (Å²) in [6, 6.07) is 2.58. The van der Waals surface area contributed by atoms with Gasteiger partial charge in [0.15, 0.2) is 0 Å². The van der Waals surface area contributed by atoms with Crippen LogP contribution in [0.5, 0.6) is 0 Å². The Hall–Kier alpha value is -1.30. The van der Waals surface area contributed by atoms with Gasteiger partial charge in [-0.2, -0.15) is 26.4 Å². The second-order valence-electron chi connectivity index (χ2n) is 4.29. The van der Waals surface area contributed by atoms with Crippen molar-refractivity contribution < 1.29 is 0 Å². The van der Waals surface area contributed by atoms with Gasteiger partial charge in [0.2, 0.25) is 0 Å². The van der Waals surface area contributed by atoms with Crippen molar-refractivity contribution in [1.82, 2.24) is 19.6 Å². The van der Waals surface area contributed by atoms with E-state index in [1.165, 1.54) is 24.3 Å². The average molecular weight is 249 g/mol. The summed E-state index contributed by atoms with van der Waals surface area (Å²) in [7, 11) is 0. The van der Waals surface area contributed by atoms with Crippen molar-refractivity contribution in [3.05, 3.63) is 18.1 Å². The Balaban J connectivity index is 1.90. The average Bonchev–Trinajstić information content (AvgIpc) is 2.78. The normalized spacial score (nSPS) is 17.5. The van der Waals surface area contributed by atoms with Crippen LogP contribution in [0.4, 0.5) is 5.82 Å². The minimum Gasteiger partial charge on any atom is -0.367 e. The quantitative estimate of drug-likeness (QED) is 0.878. The lowest BCUT2D eigenvalue weighted by Crippen LogP contribution is -2.25. The molecule has 5 nitrogen and oxygen atoms in total. The smallest absolute Gasteiger partial charge is 0.254 e. The van der Waals surface area contributed by atoms with Crippen LogP contribution in [0.15, 0.2) is 12.4 Å². The number of hydrogen-bond acceptors (Lipinski definition) is 5. The summed E-state index contributed by atoms with van der Waals surface area (Å²) >= 11 is 2.03. The minimum absolute atomic E-state index is 0.547. The van der Waals surface area contributed by atoms with E-state index in [-0.39, 0.29) is 0 Å². The topological polar surface area (TPSA) is 55.1 Å². The highest BCUT2D eigenvalue weighted by Gasteiger charge is 2.15. The van der Waals surface area contributed by atoms with E-state index in [0.717, 1.165) is 11.5 Å². The molecule has 2 aromatic heterocycles. The van der Waals surface area contributed by atoms with Crippen molar-refractivity contribution in [2.75, 3.05) is 16.8 Å². The summed E-state index contributed by atoms with van der Waals surface area (Å²) < 4.78 is 1.77. The molecule has 0 spiro atoms. The van der Waals surface area contributed by atoms with Crippen LogP contribution >= 0.6 is 11.8 Å². The Morgan fingerprint density at radius 3 is 3.06 bits per heavy atom. The first-order valence-corrected chi connectivity index (χ1v) is 7.00. The van der Waals surface area contributed by atoms with Crippen molar-refractivity contribution >= 4 is 23.4 Å². The van der Waals surface area contributed by atoms with Crippen molar-refractivity contribution in [1.29, 1.82) is 0 Å². The second kappa shape index (κ2) is 4.52. The number of fused-ring (bicyclic) bond motifs is 1. The summed E-state index contributed by atoms with van der Waals surface area (Å²) in [4.78, 5) is 8.46. The number of hydrogen-bond donors (Lipinski definition) is 1. The SMILES string of the molecule is Cc1cc(NC2CCSCC2)n2ncnc2n1. The van der Waals surface area contributed by atoms with Gasteiger partial charge in [-0.15, -0.1) is 0 Å². The second-order valence-corrected chi connectivity index (χ2v) is 5.51. The number of thioether (sulfide) groups is 1. The van der Waals surface area contributed by atoms with E-state index in [4.69, 9.17) is 0 Å². The third kappa shape index (κ3) is 2.22. The highest BCUT2D eigenvalue weighted by Crippen LogP contribution is 2.21. The predicted molar refractivity (Wildman–Crippen MR) is 69.5 cm³/mol. The molecule has 1 aliphatic rings. The Labute approximate surface area is 104 Å². The summed E-state index contributed by atoms with van der Waals surface area (Å²) in [6.45, 7) is 1.98. The lowest BCUT2D eigenvalue weighted by Gasteiger charge is -2.23. The van der Waals surface area contributed by atoms with Gasteiger partial charge in [0.25, 0.3) is 5.78 Å². The fourth-order valence-electron chi connectivity index (χ4n) is 2.08. The largest absolute Gasteiger partial charge is 0.367 e. The lowest BCUT2D eigenvalue weighted by molar-refractivity contribution is 0.659. The zero-order valence-electron chi connectivity index (χ0n) is 9.76. The van der Waals surface area contributed by atoms with E-state index in [0.29, 0.717) is 11.8 Å². The third-order valence-electron chi connectivity index (χ3n) is 2.95. The van der Waals surface area contributed by atoms with Crippen LogP contribution in [0.1, 0.15) is 18.5 Å². The van der Waals surface area contributed by atoms with Gasteiger partial charge < -0.3 is 5.32 Å². The zero-order chi connectivity index (χ0) is 11.7. The van der Waals surface area contributed by atoms with Crippen molar-refractivity contribution in [3.63, 3.8) is 0 Å². The van der Waals surface area contributed by atoms with Crippen LogP contribution in [0, 0.1) is 6.92 Å². The third-order valence-corrected chi connectivity index (χ3v) is 4.00. The van der Waals surface area contributed by atoms with Crippen molar-refractivity contribution in [3.8, 4) is 0 Å². The molecule has 17 heavy (non-hydrogen) atoms. The maximum Gasteiger partial charge on any atom is 0.254 e. The van der Waals surface area contributed by atoms with E-state index >= 15 is 0 Å². The summed E-state index contributed by atoms with van der Waals surface area (Å²) in [5.74, 6) is 4.14. The fourth-order valence-corrected chi connectivity index (χ4v) is 3.19. The number of rotatable bonds is 2. The molecule has 0 unspecified atom stereocenters. The Morgan fingerprint density at radius 2 is 2.24 bits per heavy atom. The van der Waals surface area contributed by atoms with Crippen LogP contribution in [-0.2, 0) is 0 Å². The first-order chi connectivity index (χ1) is 8.33. The molecular formula is C11H15N5S. The van der Waals surface area contributed by atoms with E-state index in [2.05, 4.69) is 20.4 Å². The van der Waals surface area contributed by atoms with Gasteiger partial charge in [0.05, 0.1) is 0 Å². The number of anilines is 1. The zero-order valence-corrected chi connectivity index (χ0v) is 10.6. The predicted octanol–water partition coefficient (Wildman–Crippen LogP) is 1.74. The first kappa shape index (κ1) is 10.8. The van der Waals surface area contributed by atoms with Crippen LogP contribution in [0.3, 0.4) is 0 Å². The molecule has 6 heteroatoms. The number of nitrogens with zero attached hydrogens (tertiary/aromatic N) is 4. The van der Waals surface area contributed by atoms with E-state index in [1.807, 2.05) is 24.8 Å². The molecule has 0 aliphatic carbocycles. The molecule has 0 bridgehead atoms. The minimum atomic E-state index is 0.547. The molecule has 0 radical (unpaired) electrons. The molecule has 0 amide bonds. The van der Waals surface area contributed by atoms with Crippen LogP contribution in [-0.4, -0.2) is 37.1 Å². The summed E-state index contributed by atoms with van der Waals surface area (Å²) in [5.41, 5.74) is 0.971. The van der Waals surface area contributed by atoms with Crippen molar-refractivity contribution in [2.24, 2.45) is 0 Å². The lowest BCUT2D eigenvalue weighted by atomic mass is 10.1. The molecule has 0 saturated carbocycles. The molecular weight excluding hydrogens is 234 g/mol. The maximum atomic E-state index is 4.33. The highest BCUT2D eigenvalue weighted by molar-refractivity contribution is 7.99. The molecule has 3 rings (SSSR count). The fraction of sp³-hybridized carbons (Fsp3) is 0.545. The van der Waals surface area contributed by atoms with E-state index < -0.39 is 0 Å². The molecule has 3 heterocycles. The van der Waals surface area contributed by atoms with Gasteiger partial charge in [0.1, 0.15) is 12.1 Å². The van der Waals surface area contributed by atoms with Crippen LogP contribution < -0.4 is 5.32 Å². The Kier molecular flexibility index (Phi) is 2.88. The molecule has 1 aliphatic heterocycles. The molecule has 1 fully saturated rings. The monoisotopic (exact) mass is 249 g/mol. The standard InChI is InChI=1S/C11H15N5S/c1-8-6-10(15-9-2-4-17-5-3-9)16-11(14-8)12-7-13-16/h6-7,9,15H,2-5H2,1H3. The van der Waals surface area contributed by atoms with E-state index in [9.17, 15) is 0 Å². The first-order valence-electron chi connectivity index (χ1n) is 5.84. The molecule has 1 saturated heterocycles. The molecule has 0 atom stereocenters. The number of aromatic nitrogens is 4. The number of aryl methyl sites for hydroxylation is 1. The van der Waals surface area contributed by atoms with Gasteiger partial charge >= 0.3 is 0 Å². The van der Waals surface area contributed by atoms with E-state index in [1.54, 1.807) is 10.8 Å². The number of nitrogens with one attached hydrogen (secondary N) is 1. The molecule has 90 valence electrons. The molecule has 1 N–H and O–H groups in total. The van der Waals surface area contributed by atoms with Crippen molar-refractivity contribution in [2.45, 2.75) is 25.8 Å². The van der Waals surface area contributed by atoms with Crippen LogP contribution in [0.2, 0.25) is 0 Å². The van der Waals surface area contributed by atoms with Gasteiger partial charge in [-0.05, 0) is 31.3 Å². The van der Waals surface area contributed by atoms with Gasteiger partial charge in [-0.3, -0.25) is 0 Å².